The van der Waals surface area contributed by atoms with Crippen LogP contribution in [0.25, 0.3) is 16.3 Å². The Morgan fingerprint density at radius 1 is 1.28 bits per heavy atom. The summed E-state index contributed by atoms with van der Waals surface area (Å²) in [6, 6.07) is 12.1. The van der Waals surface area contributed by atoms with Crippen LogP contribution >= 0.6 is 22.9 Å². The second-order valence-corrected chi connectivity index (χ2v) is 7.08. The van der Waals surface area contributed by atoms with E-state index in [2.05, 4.69) is 4.98 Å². The fourth-order valence-corrected chi connectivity index (χ4v) is 3.66. The van der Waals surface area contributed by atoms with Crippen LogP contribution in [-0.2, 0) is 4.79 Å². The first-order valence-electron chi connectivity index (χ1n) is 7.71. The van der Waals surface area contributed by atoms with E-state index in [1.54, 1.807) is 29.4 Å². The molecule has 128 valence electrons. The Balaban J connectivity index is 1.78. The first kappa shape index (κ1) is 17.6. The van der Waals surface area contributed by atoms with Gasteiger partial charge in [-0.2, -0.15) is 0 Å². The van der Waals surface area contributed by atoms with Crippen LogP contribution in [0.4, 0.5) is 4.39 Å². The number of fused-ring (bicyclic) bond motifs is 1. The van der Waals surface area contributed by atoms with Crippen LogP contribution in [-0.4, -0.2) is 22.8 Å². The lowest BCUT2D eigenvalue weighted by molar-refractivity contribution is -0.126. The predicted octanol–water partition coefficient (Wildman–Crippen LogP) is 5.32. The van der Waals surface area contributed by atoms with Crippen molar-refractivity contribution < 1.29 is 9.18 Å². The summed E-state index contributed by atoms with van der Waals surface area (Å²) in [6.07, 6.45) is 2.73. The maximum atomic E-state index is 13.8. The van der Waals surface area contributed by atoms with Crippen molar-refractivity contribution in [2.75, 3.05) is 7.05 Å². The number of para-hydroxylation sites is 1. The number of amides is 1. The summed E-state index contributed by atoms with van der Waals surface area (Å²) in [6.45, 7) is 1.92. The fraction of sp³-hybridized carbons (Fsp3) is 0.158. The summed E-state index contributed by atoms with van der Waals surface area (Å²) in [7, 11) is 1.70. The monoisotopic (exact) mass is 374 g/mol. The van der Waals surface area contributed by atoms with Crippen molar-refractivity contribution in [3.8, 4) is 0 Å². The van der Waals surface area contributed by atoms with Crippen LogP contribution in [0.5, 0.6) is 0 Å². The van der Waals surface area contributed by atoms with Gasteiger partial charge in [0, 0.05) is 18.7 Å². The van der Waals surface area contributed by atoms with Crippen molar-refractivity contribution in [2.45, 2.75) is 13.0 Å². The maximum Gasteiger partial charge on any atom is 0.246 e. The van der Waals surface area contributed by atoms with Gasteiger partial charge in [0.05, 0.1) is 21.3 Å². The molecule has 0 saturated heterocycles. The van der Waals surface area contributed by atoms with Crippen LogP contribution in [0.3, 0.4) is 0 Å². The summed E-state index contributed by atoms with van der Waals surface area (Å²) in [5.74, 6) is -0.704. The summed E-state index contributed by atoms with van der Waals surface area (Å²) in [5, 5.41) is 1.13. The average Bonchev–Trinajstić information content (AvgIpc) is 3.04. The highest BCUT2D eigenvalue weighted by molar-refractivity contribution is 7.18. The van der Waals surface area contributed by atoms with Crippen molar-refractivity contribution in [3.05, 3.63) is 70.0 Å². The average molecular weight is 375 g/mol. The van der Waals surface area contributed by atoms with Crippen LogP contribution < -0.4 is 0 Å². The zero-order valence-corrected chi connectivity index (χ0v) is 15.3. The van der Waals surface area contributed by atoms with Gasteiger partial charge in [-0.15, -0.1) is 11.3 Å². The van der Waals surface area contributed by atoms with E-state index in [1.807, 2.05) is 31.2 Å². The van der Waals surface area contributed by atoms with E-state index in [-0.39, 0.29) is 22.5 Å². The third-order valence-electron chi connectivity index (χ3n) is 3.99. The standard InChI is InChI=1S/C19H16ClFN2OS/c1-12(19-22-16-8-3-4-9-17(16)25-19)23(2)18(24)11-10-13-14(20)6-5-7-15(13)21/h3-12H,1-2H3/b11-10+/t12-/m0/s1. The van der Waals surface area contributed by atoms with Gasteiger partial charge in [-0.25, -0.2) is 9.37 Å². The summed E-state index contributed by atoms with van der Waals surface area (Å²) in [4.78, 5) is 18.6. The van der Waals surface area contributed by atoms with E-state index in [0.29, 0.717) is 0 Å². The maximum absolute atomic E-state index is 13.8. The smallest absolute Gasteiger partial charge is 0.246 e. The molecule has 0 saturated carbocycles. The molecule has 1 aromatic heterocycles. The zero-order valence-electron chi connectivity index (χ0n) is 13.7. The molecule has 1 heterocycles. The number of carbonyl (C=O) groups excluding carboxylic acids is 1. The minimum absolute atomic E-state index is 0.189. The molecule has 3 rings (SSSR count). The topological polar surface area (TPSA) is 33.2 Å². The van der Waals surface area contributed by atoms with Gasteiger partial charge in [-0.05, 0) is 37.3 Å². The Kier molecular flexibility index (Phi) is 5.16. The van der Waals surface area contributed by atoms with Gasteiger partial charge < -0.3 is 4.90 Å². The molecule has 0 unspecified atom stereocenters. The number of thiazole rings is 1. The molecule has 2 aromatic carbocycles. The molecule has 25 heavy (non-hydrogen) atoms. The SMILES string of the molecule is C[C@@H](c1nc2ccccc2s1)N(C)C(=O)/C=C/c1c(F)cccc1Cl. The molecular formula is C19H16ClFN2OS. The van der Waals surface area contributed by atoms with Crippen molar-refractivity contribution in [3.63, 3.8) is 0 Å². The van der Waals surface area contributed by atoms with Crippen molar-refractivity contribution >= 4 is 45.1 Å². The van der Waals surface area contributed by atoms with Crippen molar-refractivity contribution in [1.29, 1.82) is 0 Å². The van der Waals surface area contributed by atoms with E-state index < -0.39 is 5.82 Å². The number of halogens is 2. The molecule has 1 amide bonds. The fourth-order valence-electron chi connectivity index (χ4n) is 2.37. The Hall–Kier alpha value is -2.24. The van der Waals surface area contributed by atoms with Gasteiger partial charge in [0.1, 0.15) is 10.8 Å². The molecule has 0 aliphatic carbocycles. The molecule has 0 spiro atoms. The molecule has 1 atom stereocenters. The first-order chi connectivity index (χ1) is 12.0. The third kappa shape index (κ3) is 3.72. The van der Waals surface area contributed by atoms with E-state index >= 15 is 0 Å². The van der Waals surface area contributed by atoms with Crippen LogP contribution in [0.1, 0.15) is 23.5 Å². The van der Waals surface area contributed by atoms with Crippen LogP contribution in [0.15, 0.2) is 48.5 Å². The Morgan fingerprint density at radius 2 is 2.04 bits per heavy atom. The molecule has 0 aliphatic rings. The number of hydrogen-bond donors (Lipinski definition) is 0. The zero-order chi connectivity index (χ0) is 18.0. The number of aromatic nitrogens is 1. The lowest BCUT2D eigenvalue weighted by atomic mass is 10.2. The van der Waals surface area contributed by atoms with Crippen LogP contribution in [0.2, 0.25) is 5.02 Å². The number of hydrogen-bond acceptors (Lipinski definition) is 3. The second-order valence-electron chi connectivity index (χ2n) is 5.61. The minimum Gasteiger partial charge on any atom is -0.333 e. The molecule has 3 nitrogen and oxygen atoms in total. The highest BCUT2D eigenvalue weighted by Gasteiger charge is 2.19. The Labute approximate surface area is 154 Å². The van der Waals surface area contributed by atoms with Crippen LogP contribution in [0, 0.1) is 5.82 Å². The molecule has 0 fully saturated rings. The van der Waals surface area contributed by atoms with Crippen molar-refractivity contribution in [2.24, 2.45) is 0 Å². The quantitative estimate of drug-likeness (QED) is 0.579. The highest BCUT2D eigenvalue weighted by atomic mass is 35.5. The van der Waals surface area contributed by atoms with Gasteiger partial charge in [0.15, 0.2) is 0 Å². The second kappa shape index (κ2) is 7.33. The lowest BCUT2D eigenvalue weighted by Crippen LogP contribution is -2.27. The number of benzene rings is 2. The normalized spacial score (nSPS) is 12.6. The molecular weight excluding hydrogens is 359 g/mol. The van der Waals surface area contributed by atoms with Gasteiger partial charge in [0.2, 0.25) is 5.91 Å². The number of likely N-dealkylation sites (N-methyl/N-ethyl adjacent to an activating group) is 1. The Morgan fingerprint density at radius 3 is 2.76 bits per heavy atom. The highest BCUT2D eigenvalue weighted by Crippen LogP contribution is 2.29. The van der Waals surface area contributed by atoms with Gasteiger partial charge >= 0.3 is 0 Å². The number of rotatable bonds is 4. The number of carbonyl (C=O) groups is 1. The van der Waals surface area contributed by atoms with E-state index in [0.717, 1.165) is 15.2 Å². The lowest BCUT2D eigenvalue weighted by Gasteiger charge is -2.21. The molecule has 3 aromatic rings. The van der Waals surface area contributed by atoms with E-state index in [1.165, 1.54) is 24.3 Å². The third-order valence-corrected chi connectivity index (χ3v) is 5.52. The predicted molar refractivity (Wildman–Crippen MR) is 101 cm³/mol. The van der Waals surface area contributed by atoms with Gasteiger partial charge in [-0.1, -0.05) is 29.8 Å². The summed E-state index contributed by atoms with van der Waals surface area (Å²) < 4.78 is 14.9. The van der Waals surface area contributed by atoms with E-state index in [4.69, 9.17) is 11.6 Å². The molecule has 0 radical (unpaired) electrons. The Bertz CT molecular complexity index is 900. The summed E-state index contributed by atoms with van der Waals surface area (Å²) >= 11 is 7.53. The minimum atomic E-state index is -0.460. The molecule has 6 heteroatoms. The van der Waals surface area contributed by atoms with Crippen molar-refractivity contribution in [1.82, 2.24) is 9.88 Å². The largest absolute Gasteiger partial charge is 0.333 e. The first-order valence-corrected chi connectivity index (χ1v) is 8.91. The van der Waals surface area contributed by atoms with Gasteiger partial charge in [-0.3, -0.25) is 4.79 Å². The van der Waals surface area contributed by atoms with E-state index in [9.17, 15) is 9.18 Å². The van der Waals surface area contributed by atoms with Gasteiger partial charge in [0.25, 0.3) is 0 Å². The molecule has 0 bridgehead atoms. The molecule has 0 aliphatic heterocycles. The summed E-state index contributed by atoms with van der Waals surface area (Å²) in [5.41, 5.74) is 1.13. The number of nitrogens with zero attached hydrogens (tertiary/aromatic N) is 2. The molecule has 0 N–H and O–H groups in total.